The fraction of sp³-hybridized carbons (Fsp3) is 0.200. The monoisotopic (exact) mass is 257 g/mol. The van der Waals surface area contributed by atoms with Gasteiger partial charge in [-0.2, -0.15) is 0 Å². The maximum absolute atomic E-state index is 11.0. The minimum absolute atomic E-state index is 0.0347. The zero-order valence-corrected chi connectivity index (χ0v) is 10.9. The molecule has 0 heterocycles. The molecule has 0 aliphatic rings. The molecular formula is C15H15NO3. The van der Waals surface area contributed by atoms with E-state index in [2.05, 4.69) is 0 Å². The van der Waals surface area contributed by atoms with Crippen molar-refractivity contribution in [1.29, 1.82) is 0 Å². The molecule has 2 aromatic carbocycles. The summed E-state index contributed by atoms with van der Waals surface area (Å²) in [6.45, 7) is 1.96. The molecule has 0 spiro atoms. The van der Waals surface area contributed by atoms with Crippen molar-refractivity contribution in [2.45, 2.75) is 12.8 Å². The van der Waals surface area contributed by atoms with Crippen LogP contribution < -0.4 is 4.74 Å². The lowest BCUT2D eigenvalue weighted by Crippen LogP contribution is -2.01. The van der Waals surface area contributed by atoms with E-state index in [-0.39, 0.29) is 16.5 Å². The van der Waals surface area contributed by atoms with E-state index < -0.39 is 0 Å². The first kappa shape index (κ1) is 13.1. The molecule has 0 N–H and O–H groups in total. The molecule has 2 rings (SSSR count). The molecule has 4 heteroatoms. The zero-order chi connectivity index (χ0) is 13.8. The van der Waals surface area contributed by atoms with E-state index in [1.54, 1.807) is 19.2 Å². The van der Waals surface area contributed by atoms with Gasteiger partial charge in [-0.1, -0.05) is 37.3 Å². The van der Waals surface area contributed by atoms with Crippen LogP contribution in [0.1, 0.15) is 24.0 Å². The van der Waals surface area contributed by atoms with E-state index >= 15 is 0 Å². The molecule has 98 valence electrons. The van der Waals surface area contributed by atoms with Gasteiger partial charge in [0, 0.05) is 17.5 Å². The molecule has 0 bridgehead atoms. The highest BCUT2D eigenvalue weighted by molar-refractivity contribution is 5.46. The molecule has 4 nitrogen and oxygen atoms in total. The summed E-state index contributed by atoms with van der Waals surface area (Å²) in [5.74, 6) is 0.742. The first-order valence-corrected chi connectivity index (χ1v) is 6.00. The van der Waals surface area contributed by atoms with Crippen molar-refractivity contribution >= 4 is 5.69 Å². The molecule has 0 radical (unpaired) electrons. The predicted molar refractivity (Wildman–Crippen MR) is 73.6 cm³/mol. The van der Waals surface area contributed by atoms with Crippen LogP contribution >= 0.6 is 0 Å². The number of benzene rings is 2. The first-order valence-electron chi connectivity index (χ1n) is 6.00. The lowest BCUT2D eigenvalue weighted by atomic mass is 9.92. The Morgan fingerprint density at radius 3 is 2.32 bits per heavy atom. The predicted octanol–water partition coefficient (Wildman–Crippen LogP) is 3.76. The third-order valence-electron chi connectivity index (χ3n) is 3.22. The maximum atomic E-state index is 11.0. The van der Waals surface area contributed by atoms with Crippen molar-refractivity contribution in [3.63, 3.8) is 0 Å². The highest BCUT2D eigenvalue weighted by Crippen LogP contribution is 2.31. The average Bonchev–Trinajstić information content (AvgIpc) is 2.46. The molecule has 1 unspecified atom stereocenters. The molecule has 1 atom stereocenters. The summed E-state index contributed by atoms with van der Waals surface area (Å²) in [5, 5.41) is 11.0. The Labute approximate surface area is 111 Å². The van der Waals surface area contributed by atoms with Gasteiger partial charge in [-0.3, -0.25) is 10.1 Å². The van der Waals surface area contributed by atoms with E-state index in [0.717, 1.165) is 16.9 Å². The van der Waals surface area contributed by atoms with Crippen molar-refractivity contribution in [3.8, 4) is 5.75 Å². The smallest absolute Gasteiger partial charge is 0.273 e. The van der Waals surface area contributed by atoms with Crippen LogP contribution in [0.25, 0.3) is 0 Å². The summed E-state index contributed by atoms with van der Waals surface area (Å²) in [7, 11) is 1.61. The largest absolute Gasteiger partial charge is 0.497 e. The summed E-state index contributed by atoms with van der Waals surface area (Å²) in [4.78, 5) is 10.7. The minimum atomic E-state index is -0.338. The van der Waals surface area contributed by atoms with Crippen LogP contribution in [0, 0.1) is 10.1 Å². The Morgan fingerprint density at radius 1 is 1.11 bits per heavy atom. The second-order valence-electron chi connectivity index (χ2n) is 4.31. The molecule has 0 aliphatic carbocycles. The van der Waals surface area contributed by atoms with Crippen LogP contribution in [0.4, 0.5) is 5.69 Å². The number of rotatable bonds is 4. The fourth-order valence-electron chi connectivity index (χ4n) is 2.09. The van der Waals surface area contributed by atoms with Gasteiger partial charge in [-0.25, -0.2) is 0 Å². The van der Waals surface area contributed by atoms with Gasteiger partial charge in [-0.15, -0.1) is 0 Å². The number of nitro groups is 1. The first-order chi connectivity index (χ1) is 9.13. The number of hydrogen-bond acceptors (Lipinski definition) is 3. The normalized spacial score (nSPS) is 11.9. The van der Waals surface area contributed by atoms with E-state index in [9.17, 15) is 10.1 Å². The number of nitro benzene ring substituents is 1. The summed E-state index contributed by atoms with van der Waals surface area (Å²) >= 11 is 0. The Morgan fingerprint density at radius 2 is 1.74 bits per heavy atom. The summed E-state index contributed by atoms with van der Waals surface area (Å²) in [6.07, 6.45) is 0. The topological polar surface area (TPSA) is 52.4 Å². The maximum Gasteiger partial charge on any atom is 0.273 e. The third-order valence-corrected chi connectivity index (χ3v) is 3.22. The van der Waals surface area contributed by atoms with Crippen molar-refractivity contribution in [1.82, 2.24) is 0 Å². The standard InChI is InChI=1S/C15H15NO3/c1-11(12-7-9-13(19-2)10-8-12)14-5-3-4-6-15(14)16(17)18/h3-11H,1-2H3. The SMILES string of the molecule is COc1ccc(C(C)c2ccccc2[N+](=O)[O-])cc1. The number of para-hydroxylation sites is 1. The summed E-state index contributed by atoms with van der Waals surface area (Å²) in [5.41, 5.74) is 1.90. The van der Waals surface area contributed by atoms with Crippen molar-refractivity contribution in [2.24, 2.45) is 0 Å². The lowest BCUT2D eigenvalue weighted by Gasteiger charge is -2.13. The average molecular weight is 257 g/mol. The number of nitrogens with zero attached hydrogens (tertiary/aromatic N) is 1. The van der Waals surface area contributed by atoms with Gasteiger partial charge >= 0.3 is 0 Å². The van der Waals surface area contributed by atoms with Crippen LogP contribution in [0.5, 0.6) is 5.75 Å². The number of hydrogen-bond donors (Lipinski definition) is 0. The second kappa shape index (κ2) is 5.52. The molecule has 0 amide bonds. The van der Waals surface area contributed by atoms with Crippen LogP contribution in [-0.4, -0.2) is 12.0 Å². The molecule has 0 saturated carbocycles. The quantitative estimate of drug-likeness (QED) is 0.619. The van der Waals surface area contributed by atoms with Gasteiger partial charge in [0.25, 0.3) is 5.69 Å². The van der Waals surface area contributed by atoms with Crippen molar-refractivity contribution < 1.29 is 9.66 Å². The van der Waals surface area contributed by atoms with Gasteiger partial charge < -0.3 is 4.74 Å². The van der Waals surface area contributed by atoms with E-state index in [4.69, 9.17) is 4.74 Å². The van der Waals surface area contributed by atoms with Crippen LogP contribution in [0.3, 0.4) is 0 Å². The van der Waals surface area contributed by atoms with E-state index in [0.29, 0.717) is 0 Å². The Kier molecular flexibility index (Phi) is 3.80. The number of methoxy groups -OCH3 is 1. The van der Waals surface area contributed by atoms with Gasteiger partial charge in [0.05, 0.1) is 12.0 Å². The molecule has 0 aliphatic heterocycles. The number of ether oxygens (including phenoxy) is 1. The second-order valence-corrected chi connectivity index (χ2v) is 4.31. The molecule has 19 heavy (non-hydrogen) atoms. The zero-order valence-electron chi connectivity index (χ0n) is 10.9. The molecule has 0 fully saturated rings. The van der Waals surface area contributed by atoms with Crippen LogP contribution in [-0.2, 0) is 0 Å². The van der Waals surface area contributed by atoms with Crippen molar-refractivity contribution in [2.75, 3.05) is 7.11 Å². The van der Waals surface area contributed by atoms with Gasteiger partial charge in [-0.05, 0) is 17.7 Å². The van der Waals surface area contributed by atoms with E-state index in [1.165, 1.54) is 6.07 Å². The third kappa shape index (κ3) is 2.73. The van der Waals surface area contributed by atoms with Crippen molar-refractivity contribution in [3.05, 3.63) is 69.8 Å². The highest BCUT2D eigenvalue weighted by Gasteiger charge is 2.19. The van der Waals surface area contributed by atoms with Gasteiger partial charge in [0.2, 0.25) is 0 Å². The summed E-state index contributed by atoms with van der Waals surface area (Å²) in [6, 6.07) is 14.4. The Bertz CT molecular complexity index is 578. The molecule has 0 aromatic heterocycles. The van der Waals surface area contributed by atoms with Gasteiger partial charge in [0.1, 0.15) is 5.75 Å². The molecule has 0 saturated heterocycles. The summed E-state index contributed by atoms with van der Waals surface area (Å²) < 4.78 is 5.11. The highest BCUT2D eigenvalue weighted by atomic mass is 16.6. The van der Waals surface area contributed by atoms with E-state index in [1.807, 2.05) is 37.3 Å². The Balaban J connectivity index is 2.37. The van der Waals surface area contributed by atoms with Crippen LogP contribution in [0.15, 0.2) is 48.5 Å². The molecular weight excluding hydrogens is 242 g/mol. The lowest BCUT2D eigenvalue weighted by molar-refractivity contribution is -0.385. The van der Waals surface area contributed by atoms with Crippen LogP contribution in [0.2, 0.25) is 0 Å². The minimum Gasteiger partial charge on any atom is -0.497 e. The molecule has 2 aromatic rings. The fourth-order valence-corrected chi connectivity index (χ4v) is 2.09. The Hall–Kier alpha value is -2.36. The van der Waals surface area contributed by atoms with Gasteiger partial charge in [0.15, 0.2) is 0 Å².